The molecule has 0 saturated carbocycles. The van der Waals surface area contributed by atoms with Gasteiger partial charge < -0.3 is 25.0 Å². The third-order valence-corrected chi connectivity index (χ3v) is 4.89. The lowest BCUT2D eigenvalue weighted by atomic mass is 9.92. The first-order valence-electron chi connectivity index (χ1n) is 9.41. The Labute approximate surface area is 158 Å². The summed E-state index contributed by atoms with van der Waals surface area (Å²) in [5.41, 5.74) is 0.544. The third kappa shape index (κ3) is 4.88. The summed E-state index contributed by atoms with van der Waals surface area (Å²) in [7, 11) is 0. The molecule has 0 radical (unpaired) electrons. The minimum atomic E-state index is -1.56. The van der Waals surface area contributed by atoms with Crippen molar-refractivity contribution in [1.82, 2.24) is 10.2 Å². The lowest BCUT2D eigenvalue weighted by Crippen LogP contribution is -2.46. The van der Waals surface area contributed by atoms with E-state index >= 15 is 0 Å². The molecule has 2 heterocycles. The van der Waals surface area contributed by atoms with Crippen LogP contribution in [-0.2, 0) is 9.59 Å². The van der Waals surface area contributed by atoms with Crippen LogP contribution in [0.3, 0.4) is 0 Å². The number of piperidine rings is 1. The smallest absolute Gasteiger partial charge is 0.257 e. The van der Waals surface area contributed by atoms with Crippen LogP contribution in [0, 0.1) is 5.92 Å². The zero-order chi connectivity index (χ0) is 19.2. The van der Waals surface area contributed by atoms with Crippen molar-refractivity contribution in [2.24, 2.45) is 5.92 Å². The number of rotatable bonds is 6. The Morgan fingerprint density at radius 3 is 2.67 bits per heavy atom. The Kier molecular flexibility index (Phi) is 6.49. The van der Waals surface area contributed by atoms with Crippen molar-refractivity contribution in [3.8, 4) is 11.5 Å². The fourth-order valence-corrected chi connectivity index (χ4v) is 3.35. The van der Waals surface area contributed by atoms with E-state index in [1.54, 1.807) is 25.1 Å². The summed E-state index contributed by atoms with van der Waals surface area (Å²) in [4.78, 5) is 26.1. The quantitative estimate of drug-likeness (QED) is 0.785. The minimum Gasteiger partial charge on any atom is -0.486 e. The summed E-state index contributed by atoms with van der Waals surface area (Å²) in [6.07, 6.45) is -0.295. The molecular weight excluding hydrogens is 353 g/mol. The van der Waals surface area contributed by atoms with E-state index in [1.807, 2.05) is 0 Å². The van der Waals surface area contributed by atoms with Gasteiger partial charge in [0.05, 0.1) is 6.54 Å². The van der Waals surface area contributed by atoms with Crippen LogP contribution in [0.1, 0.15) is 19.8 Å². The van der Waals surface area contributed by atoms with E-state index in [9.17, 15) is 14.0 Å². The van der Waals surface area contributed by atoms with Crippen molar-refractivity contribution in [1.29, 1.82) is 0 Å². The molecule has 1 fully saturated rings. The van der Waals surface area contributed by atoms with Crippen LogP contribution in [0.15, 0.2) is 18.2 Å². The molecule has 8 heteroatoms. The van der Waals surface area contributed by atoms with Gasteiger partial charge in [-0.3, -0.25) is 9.59 Å². The van der Waals surface area contributed by atoms with E-state index in [2.05, 4.69) is 10.6 Å². The molecule has 2 aliphatic rings. The van der Waals surface area contributed by atoms with E-state index in [-0.39, 0.29) is 24.9 Å². The van der Waals surface area contributed by atoms with Crippen LogP contribution in [0.25, 0.3) is 0 Å². The molecule has 0 bridgehead atoms. The number of likely N-dealkylation sites (N-methyl/N-ethyl adjacent to an activating group) is 1. The van der Waals surface area contributed by atoms with Crippen molar-refractivity contribution >= 4 is 17.5 Å². The van der Waals surface area contributed by atoms with Crippen LogP contribution in [-0.4, -0.2) is 62.3 Å². The minimum absolute atomic E-state index is 0.185. The second-order valence-electron chi connectivity index (χ2n) is 6.75. The molecule has 27 heavy (non-hydrogen) atoms. The lowest BCUT2D eigenvalue weighted by Gasteiger charge is -2.29. The number of ether oxygens (including phenoxy) is 2. The highest BCUT2D eigenvalue weighted by Crippen LogP contribution is 2.32. The molecule has 2 aliphatic heterocycles. The number of amides is 2. The molecule has 1 unspecified atom stereocenters. The molecule has 1 saturated heterocycles. The van der Waals surface area contributed by atoms with Crippen LogP contribution in [0.5, 0.6) is 11.5 Å². The number of halogens is 1. The van der Waals surface area contributed by atoms with Gasteiger partial charge >= 0.3 is 0 Å². The first kappa shape index (κ1) is 19.4. The van der Waals surface area contributed by atoms with Crippen molar-refractivity contribution < 1.29 is 23.5 Å². The topological polar surface area (TPSA) is 79.9 Å². The Balaban J connectivity index is 1.57. The monoisotopic (exact) mass is 379 g/mol. The number of hydrogen-bond donors (Lipinski definition) is 2. The average molecular weight is 379 g/mol. The number of alkyl halides is 1. The number of benzene rings is 1. The van der Waals surface area contributed by atoms with Crippen molar-refractivity contribution in [2.75, 3.05) is 44.7 Å². The maximum Gasteiger partial charge on any atom is 0.257 e. The first-order chi connectivity index (χ1) is 13.1. The fraction of sp³-hybridized carbons (Fsp3) is 0.579. The Morgan fingerprint density at radius 1 is 1.26 bits per heavy atom. The average Bonchev–Trinajstić information content (AvgIpc) is 2.71. The Hall–Kier alpha value is -2.35. The van der Waals surface area contributed by atoms with Gasteiger partial charge in [0.15, 0.2) is 17.7 Å². The molecule has 0 aliphatic carbocycles. The predicted octanol–water partition coefficient (Wildman–Crippen LogP) is 1.58. The summed E-state index contributed by atoms with van der Waals surface area (Å²) in [6.45, 7) is 4.22. The van der Waals surface area contributed by atoms with Gasteiger partial charge in [-0.2, -0.15) is 0 Å². The number of carbonyl (C=O) groups excluding carboxylic acids is 2. The number of fused-ring (bicyclic) bond motifs is 1. The van der Waals surface area contributed by atoms with Gasteiger partial charge in [-0.15, -0.1) is 0 Å². The van der Waals surface area contributed by atoms with E-state index in [0.717, 1.165) is 13.1 Å². The lowest BCUT2D eigenvalue weighted by molar-refractivity contribution is -0.141. The standard InChI is InChI=1S/C19H26FN3O4/c1-2-23(19(25)18(20)13-5-7-21-8-6-13)12-17(24)22-14-3-4-15-16(11-14)27-10-9-26-15/h3-4,11,13,18,21H,2,5-10,12H2,1H3,(H,22,24). The number of nitrogens with one attached hydrogen (secondary N) is 2. The number of hydrogen-bond acceptors (Lipinski definition) is 5. The van der Waals surface area contributed by atoms with Crippen molar-refractivity contribution in [3.63, 3.8) is 0 Å². The van der Waals surface area contributed by atoms with E-state index < -0.39 is 12.1 Å². The Bertz CT molecular complexity index is 679. The molecule has 1 atom stereocenters. The highest BCUT2D eigenvalue weighted by atomic mass is 19.1. The van der Waals surface area contributed by atoms with Crippen molar-refractivity contribution in [3.05, 3.63) is 18.2 Å². The SMILES string of the molecule is CCN(CC(=O)Nc1ccc2c(c1)OCCO2)C(=O)C(F)C1CCNCC1. The maximum atomic E-state index is 14.6. The summed E-state index contributed by atoms with van der Waals surface area (Å²) in [6, 6.07) is 5.11. The molecule has 148 valence electrons. The summed E-state index contributed by atoms with van der Waals surface area (Å²) < 4.78 is 25.5. The van der Waals surface area contributed by atoms with Crippen LogP contribution in [0.4, 0.5) is 10.1 Å². The van der Waals surface area contributed by atoms with Crippen LogP contribution < -0.4 is 20.1 Å². The second-order valence-corrected chi connectivity index (χ2v) is 6.75. The normalized spacial score (nSPS) is 17.9. The van der Waals surface area contributed by atoms with Gasteiger partial charge in [0, 0.05) is 24.2 Å². The number of anilines is 1. The predicted molar refractivity (Wildman–Crippen MR) is 98.8 cm³/mol. The van der Waals surface area contributed by atoms with E-state index in [0.29, 0.717) is 43.2 Å². The van der Waals surface area contributed by atoms with Gasteiger partial charge in [-0.05, 0) is 45.0 Å². The molecule has 0 aromatic heterocycles. The van der Waals surface area contributed by atoms with Crippen LogP contribution in [0.2, 0.25) is 0 Å². The molecule has 7 nitrogen and oxygen atoms in total. The highest BCUT2D eigenvalue weighted by Gasteiger charge is 2.32. The molecule has 2 amide bonds. The maximum absolute atomic E-state index is 14.6. The molecule has 3 rings (SSSR count). The fourth-order valence-electron chi connectivity index (χ4n) is 3.35. The molecule has 0 spiro atoms. The largest absolute Gasteiger partial charge is 0.486 e. The van der Waals surface area contributed by atoms with Crippen molar-refractivity contribution in [2.45, 2.75) is 25.9 Å². The van der Waals surface area contributed by atoms with Crippen LogP contribution >= 0.6 is 0 Å². The number of carbonyl (C=O) groups is 2. The van der Waals surface area contributed by atoms with Gasteiger partial charge in [0.2, 0.25) is 5.91 Å². The summed E-state index contributed by atoms with van der Waals surface area (Å²) in [5.74, 6) is -0.0705. The van der Waals surface area contributed by atoms with E-state index in [1.165, 1.54) is 4.90 Å². The Morgan fingerprint density at radius 2 is 1.96 bits per heavy atom. The zero-order valence-electron chi connectivity index (χ0n) is 15.5. The molecule has 1 aromatic rings. The van der Waals surface area contributed by atoms with E-state index in [4.69, 9.17) is 9.47 Å². The second kappa shape index (κ2) is 9.03. The molecule has 1 aromatic carbocycles. The molecular formula is C19H26FN3O4. The summed E-state index contributed by atoms with van der Waals surface area (Å²) >= 11 is 0. The van der Waals surface area contributed by atoms with Gasteiger partial charge in [0.1, 0.15) is 13.2 Å². The third-order valence-electron chi connectivity index (χ3n) is 4.89. The van der Waals surface area contributed by atoms with Gasteiger partial charge in [0.25, 0.3) is 5.91 Å². The first-order valence-corrected chi connectivity index (χ1v) is 9.41. The van der Waals surface area contributed by atoms with Gasteiger partial charge in [-0.1, -0.05) is 0 Å². The molecule has 2 N–H and O–H groups in total. The highest BCUT2D eigenvalue weighted by molar-refractivity contribution is 5.95. The summed E-state index contributed by atoms with van der Waals surface area (Å²) in [5, 5.41) is 5.89. The van der Waals surface area contributed by atoms with Gasteiger partial charge in [-0.25, -0.2) is 4.39 Å². The number of nitrogens with zero attached hydrogens (tertiary/aromatic N) is 1. The zero-order valence-corrected chi connectivity index (χ0v) is 15.5.